The first kappa shape index (κ1) is 11.3. The van der Waals surface area contributed by atoms with Crippen LogP contribution < -0.4 is 5.32 Å². The minimum atomic E-state index is -4.39. The molecule has 1 atom stereocenters. The maximum Gasteiger partial charge on any atom is 0.408 e. The smallest absolute Gasteiger partial charge is 0.408 e. The molecule has 1 aliphatic carbocycles. The predicted molar refractivity (Wildman–Crippen MR) is 53.1 cm³/mol. The van der Waals surface area contributed by atoms with Crippen LogP contribution in [0, 0.1) is 0 Å². The van der Waals surface area contributed by atoms with E-state index in [4.69, 9.17) is 0 Å². The molecule has 0 amide bonds. The highest BCUT2D eigenvalue weighted by atomic mass is 19.4. The van der Waals surface area contributed by atoms with Gasteiger partial charge in [0.1, 0.15) is 11.8 Å². The fourth-order valence-corrected chi connectivity index (χ4v) is 1.58. The van der Waals surface area contributed by atoms with Crippen molar-refractivity contribution in [3.05, 3.63) is 29.8 Å². The Morgan fingerprint density at radius 2 is 1.88 bits per heavy atom. The molecule has 0 spiro atoms. The quantitative estimate of drug-likeness (QED) is 0.838. The molecule has 5 heteroatoms. The van der Waals surface area contributed by atoms with Crippen LogP contribution in [0.2, 0.25) is 0 Å². The van der Waals surface area contributed by atoms with E-state index in [1.54, 1.807) is 0 Å². The number of benzene rings is 1. The highest BCUT2D eigenvalue weighted by Crippen LogP contribution is 2.38. The van der Waals surface area contributed by atoms with Gasteiger partial charge < -0.3 is 5.11 Å². The van der Waals surface area contributed by atoms with Crippen LogP contribution in [0.15, 0.2) is 24.3 Å². The number of hydrogen-bond donors (Lipinski definition) is 2. The molecule has 0 radical (unpaired) electrons. The molecule has 2 nitrogen and oxygen atoms in total. The lowest BCUT2D eigenvalue weighted by Crippen LogP contribution is -2.35. The molecular weight excluding hydrogens is 219 g/mol. The number of phenolic OH excluding ortho intramolecular Hbond substituents is 1. The van der Waals surface area contributed by atoms with E-state index >= 15 is 0 Å². The SMILES string of the molecule is Oc1ccccc1C(NC1CC1)C(F)(F)F. The molecule has 88 valence electrons. The lowest BCUT2D eigenvalue weighted by Gasteiger charge is -2.22. The summed E-state index contributed by atoms with van der Waals surface area (Å²) in [6.07, 6.45) is -2.86. The topological polar surface area (TPSA) is 32.3 Å². The standard InChI is InChI=1S/C11H12F3NO/c12-11(13,14)10(15-7-5-6-7)8-3-1-2-4-9(8)16/h1-4,7,10,15-16H,5-6H2. The third kappa shape index (κ3) is 2.47. The van der Waals surface area contributed by atoms with E-state index in [2.05, 4.69) is 5.32 Å². The molecule has 0 aromatic heterocycles. The van der Waals surface area contributed by atoms with Crippen LogP contribution in [-0.4, -0.2) is 17.3 Å². The number of nitrogens with one attached hydrogen (secondary N) is 1. The molecule has 0 bridgehead atoms. The Morgan fingerprint density at radius 3 is 2.38 bits per heavy atom. The first-order chi connectivity index (χ1) is 7.48. The molecule has 16 heavy (non-hydrogen) atoms. The molecule has 2 N–H and O–H groups in total. The van der Waals surface area contributed by atoms with E-state index in [1.165, 1.54) is 24.3 Å². The van der Waals surface area contributed by atoms with E-state index in [-0.39, 0.29) is 17.4 Å². The van der Waals surface area contributed by atoms with Gasteiger partial charge in [-0.2, -0.15) is 13.2 Å². The Balaban J connectivity index is 2.27. The number of halogens is 3. The molecule has 1 unspecified atom stereocenters. The van der Waals surface area contributed by atoms with Crippen molar-refractivity contribution in [2.75, 3.05) is 0 Å². The molecule has 1 aromatic rings. The van der Waals surface area contributed by atoms with Crippen LogP contribution in [0.25, 0.3) is 0 Å². The highest BCUT2D eigenvalue weighted by Gasteiger charge is 2.44. The van der Waals surface area contributed by atoms with Gasteiger partial charge in [-0.3, -0.25) is 5.32 Å². The Kier molecular flexibility index (Phi) is 2.80. The van der Waals surface area contributed by atoms with Crippen LogP contribution in [0.1, 0.15) is 24.4 Å². The zero-order valence-electron chi connectivity index (χ0n) is 8.46. The Labute approximate surface area is 91.1 Å². The van der Waals surface area contributed by atoms with Crippen molar-refractivity contribution in [1.82, 2.24) is 5.32 Å². The third-order valence-electron chi connectivity index (χ3n) is 2.55. The summed E-state index contributed by atoms with van der Waals surface area (Å²) < 4.78 is 38.4. The maximum atomic E-state index is 12.8. The lowest BCUT2D eigenvalue weighted by molar-refractivity contribution is -0.158. The minimum Gasteiger partial charge on any atom is -0.508 e. The molecule has 2 rings (SSSR count). The molecule has 1 fully saturated rings. The summed E-state index contributed by atoms with van der Waals surface area (Å²) in [5.41, 5.74) is -0.109. The maximum absolute atomic E-state index is 12.8. The van der Waals surface area contributed by atoms with Crippen LogP contribution in [0.3, 0.4) is 0 Å². The third-order valence-corrected chi connectivity index (χ3v) is 2.55. The molecule has 1 aromatic carbocycles. The summed E-state index contributed by atoms with van der Waals surface area (Å²) >= 11 is 0. The molecule has 0 heterocycles. The Hall–Kier alpha value is -1.23. The van der Waals surface area contributed by atoms with Gasteiger partial charge in [-0.25, -0.2) is 0 Å². The summed E-state index contributed by atoms with van der Waals surface area (Å²) in [6.45, 7) is 0. The van der Waals surface area contributed by atoms with Gasteiger partial charge in [0.25, 0.3) is 0 Å². The fraction of sp³-hybridized carbons (Fsp3) is 0.455. The van der Waals surface area contributed by atoms with Crippen LogP contribution in [0.4, 0.5) is 13.2 Å². The monoisotopic (exact) mass is 231 g/mol. The van der Waals surface area contributed by atoms with Crippen LogP contribution >= 0.6 is 0 Å². The number of hydrogen-bond acceptors (Lipinski definition) is 2. The van der Waals surface area contributed by atoms with Gasteiger partial charge in [-0.15, -0.1) is 0 Å². The average Bonchev–Trinajstić information content (AvgIpc) is 2.97. The second-order valence-electron chi connectivity index (χ2n) is 3.97. The summed E-state index contributed by atoms with van der Waals surface area (Å²) in [4.78, 5) is 0. The van der Waals surface area contributed by atoms with E-state index < -0.39 is 12.2 Å². The van der Waals surface area contributed by atoms with Gasteiger partial charge in [0, 0.05) is 11.6 Å². The average molecular weight is 231 g/mol. The van der Waals surface area contributed by atoms with Crippen molar-refractivity contribution in [3.8, 4) is 5.75 Å². The molecule has 1 saturated carbocycles. The fourth-order valence-electron chi connectivity index (χ4n) is 1.58. The summed E-state index contributed by atoms with van der Waals surface area (Å²) in [5, 5.41) is 11.9. The van der Waals surface area contributed by atoms with E-state index in [0.29, 0.717) is 0 Å². The molecule has 0 aliphatic heterocycles. The van der Waals surface area contributed by atoms with Gasteiger partial charge >= 0.3 is 6.18 Å². The highest BCUT2D eigenvalue weighted by molar-refractivity contribution is 5.35. The lowest BCUT2D eigenvalue weighted by atomic mass is 10.1. The van der Waals surface area contributed by atoms with Crippen molar-refractivity contribution < 1.29 is 18.3 Å². The Morgan fingerprint density at radius 1 is 1.25 bits per heavy atom. The van der Waals surface area contributed by atoms with Crippen molar-refractivity contribution in [3.63, 3.8) is 0 Å². The van der Waals surface area contributed by atoms with Gasteiger partial charge in [0.15, 0.2) is 0 Å². The minimum absolute atomic E-state index is 0.0776. The molecule has 1 aliphatic rings. The number of alkyl halides is 3. The van der Waals surface area contributed by atoms with E-state index in [1.807, 2.05) is 0 Å². The van der Waals surface area contributed by atoms with Gasteiger partial charge in [-0.05, 0) is 18.9 Å². The first-order valence-electron chi connectivity index (χ1n) is 5.09. The van der Waals surface area contributed by atoms with Crippen molar-refractivity contribution >= 4 is 0 Å². The second kappa shape index (κ2) is 3.97. The Bertz CT molecular complexity index is 374. The summed E-state index contributed by atoms with van der Waals surface area (Å²) in [5.74, 6) is -0.321. The number of rotatable bonds is 3. The van der Waals surface area contributed by atoms with Gasteiger partial charge in [-0.1, -0.05) is 18.2 Å². The van der Waals surface area contributed by atoms with Crippen molar-refractivity contribution in [2.45, 2.75) is 31.1 Å². The summed E-state index contributed by atoms with van der Waals surface area (Å²) in [7, 11) is 0. The number of aromatic hydroxyl groups is 1. The predicted octanol–water partition coefficient (Wildman–Crippen LogP) is 2.75. The molecule has 0 saturated heterocycles. The van der Waals surface area contributed by atoms with Gasteiger partial charge in [0.2, 0.25) is 0 Å². The van der Waals surface area contributed by atoms with Gasteiger partial charge in [0.05, 0.1) is 0 Å². The van der Waals surface area contributed by atoms with Crippen LogP contribution in [-0.2, 0) is 0 Å². The zero-order valence-corrected chi connectivity index (χ0v) is 8.46. The van der Waals surface area contributed by atoms with Crippen LogP contribution in [0.5, 0.6) is 5.75 Å². The normalized spacial score (nSPS) is 18.4. The van der Waals surface area contributed by atoms with E-state index in [9.17, 15) is 18.3 Å². The first-order valence-corrected chi connectivity index (χ1v) is 5.09. The van der Waals surface area contributed by atoms with E-state index in [0.717, 1.165) is 12.8 Å². The molecular formula is C11H12F3NO. The van der Waals surface area contributed by atoms with Crippen molar-refractivity contribution in [1.29, 1.82) is 0 Å². The van der Waals surface area contributed by atoms with Crippen molar-refractivity contribution in [2.24, 2.45) is 0 Å². The number of phenols is 1. The second-order valence-corrected chi connectivity index (χ2v) is 3.97. The largest absolute Gasteiger partial charge is 0.508 e. The number of para-hydroxylation sites is 1. The summed E-state index contributed by atoms with van der Waals surface area (Å²) in [6, 6.07) is 3.70. The zero-order chi connectivity index (χ0) is 11.8.